The highest BCUT2D eigenvalue weighted by Crippen LogP contribution is 2.37. The first-order valence-corrected chi connectivity index (χ1v) is 10.4. The molecule has 10 nitrogen and oxygen atoms in total. The maximum atomic E-state index is 12.2. The number of primary amides is 1. The zero-order valence-corrected chi connectivity index (χ0v) is 18.6. The van der Waals surface area contributed by atoms with Gasteiger partial charge < -0.3 is 25.8 Å². The first-order valence-electron chi connectivity index (χ1n) is 10.4. The number of amides is 1. The van der Waals surface area contributed by atoms with Crippen LogP contribution in [0.4, 0.5) is 17.3 Å². The van der Waals surface area contributed by atoms with Crippen LogP contribution >= 0.6 is 0 Å². The molecular weight excluding hydrogens is 422 g/mol. The van der Waals surface area contributed by atoms with Gasteiger partial charge in [-0.1, -0.05) is 19.1 Å². The van der Waals surface area contributed by atoms with Crippen LogP contribution in [-0.4, -0.2) is 40.3 Å². The molecule has 0 radical (unpaired) electrons. The van der Waals surface area contributed by atoms with Gasteiger partial charge in [0.1, 0.15) is 6.33 Å². The Balaban J connectivity index is 1.79. The molecule has 0 fully saturated rings. The smallest absolute Gasteiger partial charge is 0.252 e. The zero-order valence-electron chi connectivity index (χ0n) is 18.6. The van der Waals surface area contributed by atoms with E-state index in [1.807, 2.05) is 18.2 Å². The molecule has 0 aliphatic rings. The number of benzene rings is 2. The minimum absolute atomic E-state index is 0.280. The van der Waals surface area contributed by atoms with E-state index in [-0.39, 0.29) is 5.56 Å². The number of anilines is 3. The van der Waals surface area contributed by atoms with Gasteiger partial charge in [-0.3, -0.25) is 9.78 Å². The van der Waals surface area contributed by atoms with Gasteiger partial charge in [-0.05, 0) is 29.7 Å². The number of hydrogen-bond donors (Lipinski definition) is 4. The molecule has 0 atom stereocenters. The molecule has 2 aromatic carbocycles. The van der Waals surface area contributed by atoms with Gasteiger partial charge >= 0.3 is 0 Å². The fourth-order valence-electron chi connectivity index (χ4n) is 3.78. The summed E-state index contributed by atoms with van der Waals surface area (Å²) in [6.07, 6.45) is 3.69. The molecule has 0 aliphatic heterocycles. The first kappa shape index (κ1) is 21.9. The number of ether oxygens (including phenoxy) is 2. The monoisotopic (exact) mass is 447 g/mol. The molecule has 5 N–H and O–H groups in total. The van der Waals surface area contributed by atoms with Crippen molar-refractivity contribution in [3.8, 4) is 11.5 Å². The Morgan fingerprint density at radius 2 is 1.94 bits per heavy atom. The Kier molecular flexibility index (Phi) is 6.25. The molecule has 0 unspecified atom stereocenters. The molecule has 2 heterocycles. The molecule has 0 saturated heterocycles. The Labute approximate surface area is 190 Å². The third-order valence-electron chi connectivity index (χ3n) is 5.39. The predicted octanol–water partition coefficient (Wildman–Crippen LogP) is 3.39. The van der Waals surface area contributed by atoms with Gasteiger partial charge in [-0.25, -0.2) is 10.1 Å². The number of nitrogens with one attached hydrogen (secondary N) is 3. The second kappa shape index (κ2) is 9.43. The topological polar surface area (TPSA) is 140 Å². The molecular formula is C23H25N7O3. The number of carbonyl (C=O) groups is 1. The van der Waals surface area contributed by atoms with Gasteiger partial charge in [0.05, 0.1) is 31.0 Å². The van der Waals surface area contributed by atoms with Gasteiger partial charge in [0.15, 0.2) is 11.5 Å². The van der Waals surface area contributed by atoms with Crippen LogP contribution in [0.5, 0.6) is 11.5 Å². The van der Waals surface area contributed by atoms with Crippen LogP contribution in [0.1, 0.15) is 28.4 Å². The van der Waals surface area contributed by atoms with Crippen LogP contribution in [-0.2, 0) is 13.0 Å². The average Bonchev–Trinajstić information content (AvgIpc) is 3.35. The predicted molar refractivity (Wildman–Crippen MR) is 126 cm³/mol. The highest BCUT2D eigenvalue weighted by molar-refractivity contribution is 6.08. The summed E-state index contributed by atoms with van der Waals surface area (Å²) in [5.41, 5.74) is 10.2. The molecule has 0 spiro atoms. The lowest BCUT2D eigenvalue weighted by molar-refractivity contribution is 0.100. The second-order valence-electron chi connectivity index (χ2n) is 7.24. The van der Waals surface area contributed by atoms with E-state index in [1.54, 1.807) is 26.4 Å². The highest BCUT2D eigenvalue weighted by Gasteiger charge is 2.18. The molecule has 1 amide bonds. The maximum absolute atomic E-state index is 12.2. The van der Waals surface area contributed by atoms with Crippen molar-refractivity contribution in [3.63, 3.8) is 0 Å². The van der Waals surface area contributed by atoms with E-state index in [0.29, 0.717) is 40.6 Å². The molecule has 33 heavy (non-hydrogen) atoms. The Morgan fingerprint density at radius 1 is 1.15 bits per heavy atom. The van der Waals surface area contributed by atoms with Gasteiger partial charge in [0.2, 0.25) is 5.95 Å². The molecule has 4 aromatic rings. The quantitative estimate of drug-likeness (QED) is 0.306. The van der Waals surface area contributed by atoms with Gasteiger partial charge in [0, 0.05) is 29.9 Å². The number of nitrogens with zero attached hydrogens (tertiary/aromatic N) is 3. The summed E-state index contributed by atoms with van der Waals surface area (Å²) in [4.78, 5) is 20.8. The van der Waals surface area contributed by atoms with Crippen molar-refractivity contribution in [3.05, 3.63) is 59.5 Å². The minimum Gasteiger partial charge on any atom is -0.493 e. The van der Waals surface area contributed by atoms with Crippen molar-refractivity contribution in [2.45, 2.75) is 19.9 Å². The Morgan fingerprint density at radius 3 is 2.61 bits per heavy atom. The van der Waals surface area contributed by atoms with E-state index in [0.717, 1.165) is 23.2 Å². The SMILES string of the molecule is CCc1c(CNc2ncn[nH]2)cccc1Nc1c(C(N)=O)cnc2cc(OC)c(OC)cc12. The molecule has 0 bridgehead atoms. The summed E-state index contributed by atoms with van der Waals surface area (Å²) in [6.45, 7) is 2.63. The number of H-pyrrole nitrogens is 1. The number of fused-ring (bicyclic) bond motifs is 1. The van der Waals surface area contributed by atoms with Crippen molar-refractivity contribution in [2.24, 2.45) is 5.73 Å². The van der Waals surface area contributed by atoms with Crippen LogP contribution < -0.4 is 25.8 Å². The van der Waals surface area contributed by atoms with Crippen LogP contribution in [0.25, 0.3) is 10.9 Å². The number of pyridine rings is 1. The van der Waals surface area contributed by atoms with Gasteiger partial charge in [-0.2, -0.15) is 5.10 Å². The Hall–Kier alpha value is -4.34. The van der Waals surface area contributed by atoms with Crippen molar-refractivity contribution >= 4 is 34.1 Å². The fraction of sp³-hybridized carbons (Fsp3) is 0.217. The molecule has 0 aliphatic carbocycles. The summed E-state index contributed by atoms with van der Waals surface area (Å²) in [6, 6.07) is 9.52. The van der Waals surface area contributed by atoms with Crippen molar-refractivity contribution in [1.82, 2.24) is 20.2 Å². The van der Waals surface area contributed by atoms with Crippen molar-refractivity contribution in [2.75, 3.05) is 24.9 Å². The van der Waals surface area contributed by atoms with Gasteiger partial charge in [0.25, 0.3) is 5.91 Å². The number of aromatic amines is 1. The summed E-state index contributed by atoms with van der Waals surface area (Å²) >= 11 is 0. The number of aromatic nitrogens is 4. The Bertz CT molecular complexity index is 1290. The normalized spacial score (nSPS) is 10.8. The lowest BCUT2D eigenvalue weighted by Gasteiger charge is -2.19. The number of methoxy groups -OCH3 is 2. The lowest BCUT2D eigenvalue weighted by atomic mass is 10.0. The first-order chi connectivity index (χ1) is 16.0. The summed E-state index contributed by atoms with van der Waals surface area (Å²) < 4.78 is 10.9. The lowest BCUT2D eigenvalue weighted by Crippen LogP contribution is -2.15. The van der Waals surface area contributed by atoms with Crippen molar-refractivity contribution < 1.29 is 14.3 Å². The van der Waals surface area contributed by atoms with Gasteiger partial charge in [-0.15, -0.1) is 0 Å². The van der Waals surface area contributed by atoms with Crippen LogP contribution in [0.3, 0.4) is 0 Å². The number of carbonyl (C=O) groups excluding carboxylic acids is 1. The molecule has 170 valence electrons. The summed E-state index contributed by atoms with van der Waals surface area (Å²) in [5.74, 6) is 1.08. The van der Waals surface area contributed by atoms with E-state index in [2.05, 4.69) is 37.7 Å². The van der Waals surface area contributed by atoms with Crippen molar-refractivity contribution in [1.29, 1.82) is 0 Å². The minimum atomic E-state index is -0.581. The number of nitrogens with two attached hydrogens (primary N) is 1. The number of hydrogen-bond acceptors (Lipinski definition) is 8. The fourth-order valence-corrected chi connectivity index (χ4v) is 3.78. The molecule has 0 saturated carbocycles. The molecule has 10 heteroatoms. The largest absolute Gasteiger partial charge is 0.493 e. The third kappa shape index (κ3) is 4.36. The van der Waals surface area contributed by atoms with E-state index in [4.69, 9.17) is 15.2 Å². The summed E-state index contributed by atoms with van der Waals surface area (Å²) in [7, 11) is 3.12. The standard InChI is InChI=1S/C23H25N7O3/c1-4-14-13(10-26-23-27-12-28-30-23)6-5-7-17(14)29-21-15-8-19(32-2)20(33-3)9-18(15)25-11-16(21)22(24)31/h5-9,11-12H,4,10H2,1-3H3,(H2,24,31)(H,25,29)(H2,26,27,28,30). The zero-order chi connectivity index (χ0) is 23.4. The average molecular weight is 447 g/mol. The number of rotatable bonds is 9. The van der Waals surface area contributed by atoms with E-state index in [9.17, 15) is 4.79 Å². The van der Waals surface area contributed by atoms with E-state index in [1.165, 1.54) is 12.5 Å². The maximum Gasteiger partial charge on any atom is 0.252 e. The van der Waals surface area contributed by atoms with Crippen LogP contribution in [0, 0.1) is 0 Å². The van der Waals surface area contributed by atoms with E-state index >= 15 is 0 Å². The molecule has 2 aromatic heterocycles. The second-order valence-corrected chi connectivity index (χ2v) is 7.24. The highest BCUT2D eigenvalue weighted by atomic mass is 16.5. The third-order valence-corrected chi connectivity index (χ3v) is 5.39. The van der Waals surface area contributed by atoms with E-state index < -0.39 is 5.91 Å². The molecule has 4 rings (SSSR count). The summed E-state index contributed by atoms with van der Waals surface area (Å²) in [5, 5.41) is 14.0. The van der Waals surface area contributed by atoms with Crippen LogP contribution in [0.2, 0.25) is 0 Å². The van der Waals surface area contributed by atoms with Crippen LogP contribution in [0.15, 0.2) is 42.9 Å².